The van der Waals surface area contributed by atoms with Gasteiger partial charge in [0.25, 0.3) is 5.91 Å². The van der Waals surface area contributed by atoms with Crippen LogP contribution >= 0.6 is 43.5 Å². The van der Waals surface area contributed by atoms with Crippen LogP contribution in [0.15, 0.2) is 74.7 Å². The second kappa shape index (κ2) is 10.1. The number of amides is 1. The lowest BCUT2D eigenvalue weighted by atomic mass is 10.1. The number of nitrogens with zero attached hydrogens (tertiary/aromatic N) is 1. The highest BCUT2D eigenvalue weighted by molar-refractivity contribution is 9.11. The number of hydrogen-bond acceptors (Lipinski definition) is 3. The van der Waals surface area contributed by atoms with Crippen LogP contribution < -0.4 is 10.2 Å². The fraction of sp³-hybridized carbons (Fsp3) is 0.0909. The number of halogens is 3. The van der Waals surface area contributed by atoms with Gasteiger partial charge in [-0.3, -0.25) is 4.79 Å². The van der Waals surface area contributed by atoms with Crippen LogP contribution in [0.4, 0.5) is 0 Å². The van der Waals surface area contributed by atoms with Gasteiger partial charge in [0.15, 0.2) is 0 Å². The summed E-state index contributed by atoms with van der Waals surface area (Å²) in [4.78, 5) is 12.1. The molecule has 148 valence electrons. The number of rotatable bonds is 6. The second-order valence-electron chi connectivity index (χ2n) is 6.30. The summed E-state index contributed by atoms with van der Waals surface area (Å²) in [6.45, 7) is 2.35. The van der Waals surface area contributed by atoms with Crippen LogP contribution in [0.2, 0.25) is 5.02 Å². The predicted octanol–water partition coefficient (Wildman–Crippen LogP) is 6.52. The van der Waals surface area contributed by atoms with Crippen molar-refractivity contribution < 1.29 is 9.53 Å². The summed E-state index contributed by atoms with van der Waals surface area (Å²) in [5.74, 6) is 0.423. The molecule has 0 heterocycles. The Morgan fingerprint density at radius 2 is 1.79 bits per heavy atom. The molecule has 0 aromatic heterocycles. The minimum atomic E-state index is -0.258. The predicted molar refractivity (Wildman–Crippen MR) is 124 cm³/mol. The minimum Gasteiger partial charge on any atom is -0.487 e. The third-order valence-electron chi connectivity index (χ3n) is 3.98. The topological polar surface area (TPSA) is 50.7 Å². The van der Waals surface area contributed by atoms with E-state index in [9.17, 15) is 4.79 Å². The number of carbonyl (C=O) groups excluding carboxylic acids is 1. The average molecular weight is 537 g/mol. The van der Waals surface area contributed by atoms with E-state index < -0.39 is 0 Å². The molecule has 3 rings (SSSR count). The van der Waals surface area contributed by atoms with Gasteiger partial charge in [-0.2, -0.15) is 5.10 Å². The second-order valence-corrected chi connectivity index (χ2v) is 8.44. The number of nitrogens with one attached hydrogen (secondary N) is 1. The van der Waals surface area contributed by atoms with Crippen LogP contribution in [0.25, 0.3) is 0 Å². The smallest absolute Gasteiger partial charge is 0.271 e. The maximum absolute atomic E-state index is 12.1. The minimum absolute atomic E-state index is 0.258. The third kappa shape index (κ3) is 6.16. The summed E-state index contributed by atoms with van der Waals surface area (Å²) in [5.41, 5.74) is 5.93. The zero-order valence-corrected chi connectivity index (χ0v) is 19.4. The maximum Gasteiger partial charge on any atom is 0.271 e. The molecule has 0 saturated heterocycles. The molecule has 0 radical (unpaired) electrons. The molecule has 0 aliphatic carbocycles. The molecule has 1 amide bonds. The lowest BCUT2D eigenvalue weighted by Gasteiger charge is -2.11. The maximum atomic E-state index is 12.1. The van der Waals surface area contributed by atoms with Gasteiger partial charge in [-0.15, -0.1) is 0 Å². The molecule has 3 aromatic rings. The first-order chi connectivity index (χ1) is 13.9. The molecule has 3 aromatic carbocycles. The van der Waals surface area contributed by atoms with Crippen LogP contribution in [0.3, 0.4) is 0 Å². The molecule has 29 heavy (non-hydrogen) atoms. The summed E-state index contributed by atoms with van der Waals surface area (Å²) in [5, 5.41) is 4.73. The number of hydrazone groups is 1. The zero-order valence-electron chi connectivity index (χ0n) is 15.5. The molecule has 0 atom stereocenters. The molecular formula is C22H17Br2ClN2O2. The lowest BCUT2D eigenvalue weighted by Crippen LogP contribution is -2.17. The summed E-state index contributed by atoms with van der Waals surface area (Å²) < 4.78 is 7.45. The molecule has 0 unspecified atom stereocenters. The van der Waals surface area contributed by atoms with Crippen molar-refractivity contribution in [2.45, 2.75) is 13.5 Å². The van der Waals surface area contributed by atoms with Gasteiger partial charge in [0.1, 0.15) is 12.4 Å². The highest BCUT2D eigenvalue weighted by Gasteiger charge is 2.09. The Hall–Kier alpha value is -2.15. The van der Waals surface area contributed by atoms with Crippen molar-refractivity contribution in [1.82, 2.24) is 5.43 Å². The normalized spacial score (nSPS) is 10.9. The Morgan fingerprint density at radius 1 is 1.10 bits per heavy atom. The Bertz CT molecular complexity index is 1030. The first kappa shape index (κ1) is 21.6. The van der Waals surface area contributed by atoms with E-state index in [1.807, 2.05) is 61.5 Å². The molecule has 1 N–H and O–H groups in total. The molecule has 0 aliphatic rings. The van der Waals surface area contributed by atoms with E-state index in [4.69, 9.17) is 16.3 Å². The van der Waals surface area contributed by atoms with Crippen LogP contribution in [0, 0.1) is 6.92 Å². The molecular weight excluding hydrogens is 520 g/mol. The molecule has 7 heteroatoms. The van der Waals surface area contributed by atoms with E-state index in [2.05, 4.69) is 42.4 Å². The van der Waals surface area contributed by atoms with Crippen molar-refractivity contribution in [2.75, 3.05) is 0 Å². The molecule has 0 bridgehead atoms. The van der Waals surface area contributed by atoms with Crippen LogP contribution in [-0.2, 0) is 6.61 Å². The third-order valence-corrected chi connectivity index (χ3v) is 5.41. The fourth-order valence-electron chi connectivity index (χ4n) is 2.54. The molecule has 0 spiro atoms. The van der Waals surface area contributed by atoms with Gasteiger partial charge in [-0.25, -0.2) is 5.43 Å². The van der Waals surface area contributed by atoms with Gasteiger partial charge < -0.3 is 4.74 Å². The fourth-order valence-corrected chi connectivity index (χ4v) is 4.12. The summed E-state index contributed by atoms with van der Waals surface area (Å²) >= 11 is 13.0. The summed E-state index contributed by atoms with van der Waals surface area (Å²) in [7, 11) is 0. The van der Waals surface area contributed by atoms with Crippen LogP contribution in [-0.4, -0.2) is 12.1 Å². The van der Waals surface area contributed by atoms with Gasteiger partial charge in [0.05, 0.1) is 15.2 Å². The van der Waals surface area contributed by atoms with Gasteiger partial charge in [0.2, 0.25) is 0 Å². The van der Waals surface area contributed by atoms with Gasteiger partial charge in [-0.05, 0) is 86.3 Å². The zero-order chi connectivity index (χ0) is 20.8. The van der Waals surface area contributed by atoms with Gasteiger partial charge >= 0.3 is 0 Å². The first-order valence-electron chi connectivity index (χ1n) is 8.69. The number of carbonyl (C=O) groups is 1. The van der Waals surface area contributed by atoms with Crippen molar-refractivity contribution in [3.63, 3.8) is 0 Å². The molecule has 0 fully saturated rings. The number of benzene rings is 3. The Balaban J connectivity index is 1.64. The number of hydrogen-bond donors (Lipinski definition) is 1. The van der Waals surface area contributed by atoms with Crippen molar-refractivity contribution in [2.24, 2.45) is 5.10 Å². The monoisotopic (exact) mass is 534 g/mol. The van der Waals surface area contributed by atoms with E-state index >= 15 is 0 Å². The van der Waals surface area contributed by atoms with E-state index in [-0.39, 0.29) is 5.91 Å². The number of ether oxygens (including phenoxy) is 1. The first-order valence-corrected chi connectivity index (χ1v) is 10.6. The van der Waals surface area contributed by atoms with Crippen LogP contribution in [0.5, 0.6) is 5.75 Å². The Kier molecular flexibility index (Phi) is 7.47. The van der Waals surface area contributed by atoms with Gasteiger partial charge in [-0.1, -0.05) is 41.4 Å². The molecule has 0 saturated carbocycles. The van der Waals surface area contributed by atoms with E-state index in [0.717, 1.165) is 25.6 Å². The average Bonchev–Trinajstić information content (AvgIpc) is 2.68. The van der Waals surface area contributed by atoms with E-state index in [1.165, 1.54) is 0 Å². The largest absolute Gasteiger partial charge is 0.487 e. The summed E-state index contributed by atoms with van der Waals surface area (Å²) in [6.07, 6.45) is 1.58. The quantitative estimate of drug-likeness (QED) is 0.288. The molecule has 4 nitrogen and oxygen atoms in total. The standard InChI is InChI=1S/C22H17Br2ClN2O2/c1-14-3-2-4-17(9-14)22(28)27-26-12-16-10-19(23)21(20(24)11-16)29-13-15-5-7-18(25)8-6-15/h2-12H,13H2,1H3,(H,27,28)/b26-12-. The Labute approximate surface area is 191 Å². The van der Waals surface area contributed by atoms with Crippen molar-refractivity contribution in [1.29, 1.82) is 0 Å². The Morgan fingerprint density at radius 3 is 2.45 bits per heavy atom. The van der Waals surface area contributed by atoms with Crippen molar-refractivity contribution in [3.8, 4) is 5.75 Å². The van der Waals surface area contributed by atoms with E-state index in [1.54, 1.807) is 12.3 Å². The molecule has 0 aliphatic heterocycles. The van der Waals surface area contributed by atoms with E-state index in [0.29, 0.717) is 22.9 Å². The highest BCUT2D eigenvalue weighted by Crippen LogP contribution is 2.35. The lowest BCUT2D eigenvalue weighted by molar-refractivity contribution is 0.0955. The van der Waals surface area contributed by atoms with Crippen molar-refractivity contribution in [3.05, 3.63) is 96.9 Å². The summed E-state index contributed by atoms with van der Waals surface area (Å²) in [6, 6.07) is 18.6. The van der Waals surface area contributed by atoms with Crippen molar-refractivity contribution >= 4 is 55.6 Å². The van der Waals surface area contributed by atoms with Gasteiger partial charge in [0, 0.05) is 10.6 Å². The van der Waals surface area contributed by atoms with Crippen LogP contribution in [0.1, 0.15) is 27.0 Å². The SMILES string of the molecule is Cc1cccc(C(=O)N/N=C\c2cc(Br)c(OCc3ccc(Cl)cc3)c(Br)c2)c1. The number of aryl methyl sites for hydroxylation is 1. The highest BCUT2D eigenvalue weighted by atomic mass is 79.9.